The van der Waals surface area contributed by atoms with Crippen molar-refractivity contribution in [1.82, 2.24) is 0 Å². The van der Waals surface area contributed by atoms with Crippen molar-refractivity contribution in [1.29, 1.82) is 0 Å². The number of nitrogens with one attached hydrogen (secondary N) is 1. The highest BCUT2D eigenvalue weighted by molar-refractivity contribution is 5.98. The first-order valence-electron chi connectivity index (χ1n) is 7.08. The number of anilines is 1. The van der Waals surface area contributed by atoms with E-state index in [2.05, 4.69) is 5.32 Å². The number of alkyl halides is 3. The van der Waals surface area contributed by atoms with Crippen molar-refractivity contribution >= 4 is 17.6 Å². The van der Waals surface area contributed by atoms with Crippen LogP contribution in [-0.4, -0.2) is 18.5 Å². The molecule has 0 saturated carbocycles. The lowest BCUT2D eigenvalue weighted by Gasteiger charge is -2.20. The molecule has 0 unspecified atom stereocenters. The van der Waals surface area contributed by atoms with E-state index in [4.69, 9.17) is 4.74 Å². The predicted molar refractivity (Wildman–Crippen MR) is 80.2 cm³/mol. The monoisotopic (exact) mass is 331 g/mol. The number of hydrogen-bond donors (Lipinski definition) is 1. The summed E-state index contributed by atoms with van der Waals surface area (Å²) in [5.74, 6) is -1.44. The Morgan fingerprint density at radius 3 is 2.17 bits per heavy atom. The maximum atomic E-state index is 13.2. The zero-order valence-electron chi connectivity index (χ0n) is 13.7. The van der Waals surface area contributed by atoms with E-state index in [1.54, 1.807) is 20.8 Å². The molecule has 0 heterocycles. The van der Waals surface area contributed by atoms with Gasteiger partial charge in [-0.2, -0.15) is 13.2 Å². The van der Waals surface area contributed by atoms with Gasteiger partial charge in [0.25, 0.3) is 0 Å². The third-order valence-corrected chi connectivity index (χ3v) is 3.05. The summed E-state index contributed by atoms with van der Waals surface area (Å²) in [7, 11) is 0. The lowest BCUT2D eigenvalue weighted by molar-refractivity contribution is -0.138. The van der Waals surface area contributed by atoms with Crippen LogP contribution >= 0.6 is 0 Å². The summed E-state index contributed by atoms with van der Waals surface area (Å²) in [5.41, 5.74) is -2.42. The van der Waals surface area contributed by atoms with Crippen molar-refractivity contribution in [3.8, 4) is 0 Å². The molecule has 0 aliphatic carbocycles. The van der Waals surface area contributed by atoms with Crippen molar-refractivity contribution in [3.63, 3.8) is 0 Å². The summed E-state index contributed by atoms with van der Waals surface area (Å²) in [6, 6.07) is 2.19. The number of ether oxygens (including phenoxy) is 1. The zero-order chi connectivity index (χ0) is 18.0. The van der Waals surface area contributed by atoms with Crippen LogP contribution in [0.4, 0.5) is 18.9 Å². The van der Waals surface area contributed by atoms with Crippen LogP contribution in [0.3, 0.4) is 0 Å². The van der Waals surface area contributed by atoms with E-state index in [1.807, 2.05) is 0 Å². The van der Waals surface area contributed by atoms with E-state index in [0.29, 0.717) is 0 Å². The SMILES string of the molecule is CCOC(=O)c1cc(NC(=O)C(C)(C)C)cc(C)c1C(F)(F)F. The third-order valence-electron chi connectivity index (χ3n) is 3.05. The molecule has 7 heteroatoms. The van der Waals surface area contributed by atoms with Crippen molar-refractivity contribution in [2.45, 2.75) is 40.8 Å². The van der Waals surface area contributed by atoms with Gasteiger partial charge in [-0.15, -0.1) is 0 Å². The highest BCUT2D eigenvalue weighted by atomic mass is 19.4. The van der Waals surface area contributed by atoms with Gasteiger partial charge in [0.2, 0.25) is 5.91 Å². The number of rotatable bonds is 3. The molecule has 0 saturated heterocycles. The summed E-state index contributed by atoms with van der Waals surface area (Å²) < 4.78 is 44.3. The van der Waals surface area contributed by atoms with E-state index >= 15 is 0 Å². The summed E-state index contributed by atoms with van der Waals surface area (Å²) >= 11 is 0. The first-order chi connectivity index (χ1) is 10.4. The summed E-state index contributed by atoms with van der Waals surface area (Å²) in [5, 5.41) is 2.52. The molecule has 1 aromatic rings. The average Bonchev–Trinajstić information content (AvgIpc) is 2.35. The first kappa shape index (κ1) is 19.0. The van der Waals surface area contributed by atoms with Crippen LogP contribution in [0, 0.1) is 12.3 Å². The molecule has 23 heavy (non-hydrogen) atoms. The lowest BCUT2D eigenvalue weighted by atomic mass is 9.95. The summed E-state index contributed by atoms with van der Waals surface area (Å²) in [4.78, 5) is 23.8. The van der Waals surface area contributed by atoms with Crippen LogP contribution in [0.5, 0.6) is 0 Å². The Morgan fingerprint density at radius 1 is 1.17 bits per heavy atom. The average molecular weight is 331 g/mol. The van der Waals surface area contributed by atoms with Gasteiger partial charge in [-0.3, -0.25) is 4.79 Å². The lowest BCUT2D eigenvalue weighted by Crippen LogP contribution is -2.28. The van der Waals surface area contributed by atoms with Crippen LogP contribution in [-0.2, 0) is 15.7 Å². The minimum atomic E-state index is -4.70. The maximum Gasteiger partial charge on any atom is 0.417 e. The fraction of sp³-hybridized carbons (Fsp3) is 0.500. The van der Waals surface area contributed by atoms with Crippen LogP contribution in [0.15, 0.2) is 12.1 Å². The maximum absolute atomic E-state index is 13.2. The molecule has 0 bridgehead atoms. The number of carbonyl (C=O) groups is 2. The Kier molecular flexibility index (Phi) is 5.45. The molecule has 0 aliphatic heterocycles. The van der Waals surface area contributed by atoms with Gasteiger partial charge in [0, 0.05) is 11.1 Å². The van der Waals surface area contributed by atoms with Crippen LogP contribution in [0.1, 0.15) is 49.2 Å². The number of aryl methyl sites for hydroxylation is 1. The molecule has 0 fully saturated rings. The van der Waals surface area contributed by atoms with Crippen molar-refractivity contribution in [2.24, 2.45) is 5.41 Å². The summed E-state index contributed by atoms with van der Waals surface area (Å²) in [6.45, 7) is 7.71. The fourth-order valence-corrected chi connectivity index (χ4v) is 1.92. The predicted octanol–water partition coefficient (Wildman–Crippen LogP) is 4.18. The topological polar surface area (TPSA) is 55.4 Å². The van der Waals surface area contributed by atoms with E-state index in [1.165, 1.54) is 19.9 Å². The van der Waals surface area contributed by atoms with E-state index in [0.717, 1.165) is 6.07 Å². The fourth-order valence-electron chi connectivity index (χ4n) is 1.92. The zero-order valence-corrected chi connectivity index (χ0v) is 13.7. The Bertz CT molecular complexity index is 616. The van der Waals surface area contributed by atoms with E-state index < -0.39 is 28.7 Å². The molecule has 4 nitrogen and oxygen atoms in total. The Balaban J connectivity index is 3.39. The van der Waals surface area contributed by atoms with Crippen molar-refractivity contribution in [3.05, 3.63) is 28.8 Å². The Morgan fingerprint density at radius 2 is 1.74 bits per heavy atom. The number of benzene rings is 1. The minimum Gasteiger partial charge on any atom is -0.462 e. The molecular weight excluding hydrogens is 311 g/mol. The van der Waals surface area contributed by atoms with Crippen LogP contribution < -0.4 is 5.32 Å². The van der Waals surface area contributed by atoms with Gasteiger partial charge < -0.3 is 10.1 Å². The largest absolute Gasteiger partial charge is 0.462 e. The number of amides is 1. The Hall–Kier alpha value is -2.05. The molecule has 0 radical (unpaired) electrons. The second-order valence-electron chi connectivity index (χ2n) is 6.14. The normalized spacial score (nSPS) is 12.0. The van der Waals surface area contributed by atoms with Gasteiger partial charge in [-0.25, -0.2) is 4.79 Å². The Labute approximate surface area is 133 Å². The molecule has 1 N–H and O–H groups in total. The van der Waals surface area contributed by atoms with Gasteiger partial charge in [-0.1, -0.05) is 20.8 Å². The van der Waals surface area contributed by atoms with Gasteiger partial charge in [-0.05, 0) is 31.5 Å². The van der Waals surface area contributed by atoms with Gasteiger partial charge in [0.1, 0.15) is 0 Å². The second-order valence-corrected chi connectivity index (χ2v) is 6.14. The van der Waals surface area contributed by atoms with Gasteiger partial charge in [0.15, 0.2) is 0 Å². The molecular formula is C16H20F3NO3. The van der Waals surface area contributed by atoms with E-state index in [-0.39, 0.29) is 23.8 Å². The number of hydrogen-bond acceptors (Lipinski definition) is 3. The number of carbonyl (C=O) groups excluding carboxylic acids is 2. The molecule has 0 atom stereocenters. The molecule has 128 valence electrons. The summed E-state index contributed by atoms with van der Waals surface area (Å²) in [6.07, 6.45) is -4.70. The minimum absolute atomic E-state index is 0.0479. The quantitative estimate of drug-likeness (QED) is 0.846. The molecule has 0 aromatic heterocycles. The number of halogens is 3. The highest BCUT2D eigenvalue weighted by Crippen LogP contribution is 2.36. The second kappa shape index (κ2) is 6.60. The molecule has 1 amide bonds. The van der Waals surface area contributed by atoms with Crippen molar-refractivity contribution in [2.75, 3.05) is 11.9 Å². The molecule has 1 rings (SSSR count). The highest BCUT2D eigenvalue weighted by Gasteiger charge is 2.38. The first-order valence-corrected chi connectivity index (χ1v) is 7.08. The van der Waals surface area contributed by atoms with Crippen LogP contribution in [0.25, 0.3) is 0 Å². The molecule has 1 aromatic carbocycles. The van der Waals surface area contributed by atoms with Crippen LogP contribution in [0.2, 0.25) is 0 Å². The third kappa shape index (κ3) is 4.71. The van der Waals surface area contributed by atoms with Gasteiger partial charge in [0.05, 0.1) is 17.7 Å². The smallest absolute Gasteiger partial charge is 0.417 e. The molecule has 0 spiro atoms. The number of esters is 1. The standard InChI is InChI=1S/C16H20F3NO3/c1-6-23-13(21)11-8-10(20-14(22)15(3,4)5)7-9(2)12(11)16(17,18)19/h7-8H,6H2,1-5H3,(H,20,22). The molecule has 0 aliphatic rings. The van der Waals surface area contributed by atoms with Gasteiger partial charge >= 0.3 is 12.1 Å². The van der Waals surface area contributed by atoms with E-state index in [9.17, 15) is 22.8 Å². The van der Waals surface area contributed by atoms with Crippen molar-refractivity contribution < 1.29 is 27.5 Å².